The van der Waals surface area contributed by atoms with E-state index in [9.17, 15) is 0 Å². The van der Waals surface area contributed by atoms with Crippen molar-refractivity contribution in [3.05, 3.63) is 95.7 Å². The summed E-state index contributed by atoms with van der Waals surface area (Å²) in [5, 5.41) is 12.1. The number of anilines is 2. The van der Waals surface area contributed by atoms with Crippen molar-refractivity contribution in [3.63, 3.8) is 0 Å². The molecule has 0 spiro atoms. The first-order valence-corrected chi connectivity index (χ1v) is 12.6. The van der Waals surface area contributed by atoms with Crippen LogP contribution in [0.25, 0.3) is 20.9 Å². The fraction of sp³-hybridized carbons (Fsp3) is 0. The number of benzene rings is 3. The van der Waals surface area contributed by atoms with Crippen LogP contribution in [0.15, 0.2) is 95.7 Å². The zero-order valence-electron chi connectivity index (χ0n) is 17.2. The third kappa shape index (κ3) is 2.73. The minimum atomic E-state index is 0.175. The number of nitrogens with one attached hydrogen (secondary N) is 2. The normalized spacial score (nSPS) is 13.4. The van der Waals surface area contributed by atoms with Crippen molar-refractivity contribution >= 4 is 69.6 Å². The second-order valence-electron chi connectivity index (χ2n) is 8.33. The van der Waals surface area contributed by atoms with Crippen molar-refractivity contribution in [2.45, 2.75) is 0 Å². The van der Waals surface area contributed by atoms with Crippen LogP contribution in [0.5, 0.6) is 0 Å². The van der Waals surface area contributed by atoms with E-state index in [4.69, 9.17) is 0 Å². The molecule has 32 heavy (non-hydrogen) atoms. The summed E-state index contributed by atoms with van der Waals surface area (Å²) < 4.78 is 0. The van der Waals surface area contributed by atoms with Crippen molar-refractivity contribution in [3.8, 4) is 20.9 Å². The van der Waals surface area contributed by atoms with Gasteiger partial charge in [-0.15, -0.1) is 22.7 Å². The van der Waals surface area contributed by atoms with E-state index in [1.54, 1.807) is 0 Å². The van der Waals surface area contributed by atoms with Gasteiger partial charge in [0.1, 0.15) is 0 Å². The van der Waals surface area contributed by atoms with Crippen molar-refractivity contribution < 1.29 is 0 Å². The van der Waals surface area contributed by atoms with Gasteiger partial charge in [0, 0.05) is 32.3 Å². The number of hydrogen-bond acceptors (Lipinski definition) is 4. The summed E-state index contributed by atoms with van der Waals surface area (Å²) in [6.07, 6.45) is 0. The van der Waals surface area contributed by atoms with Crippen molar-refractivity contribution in [1.29, 1.82) is 0 Å². The highest BCUT2D eigenvalue weighted by Gasteiger charge is 2.35. The molecule has 0 saturated carbocycles. The topological polar surface area (TPSA) is 24.1 Å². The number of rotatable bonds is 2. The third-order valence-electron chi connectivity index (χ3n) is 6.53. The average Bonchev–Trinajstić information content (AvgIpc) is 3.53. The van der Waals surface area contributed by atoms with E-state index < -0.39 is 0 Å². The van der Waals surface area contributed by atoms with Gasteiger partial charge in [0.15, 0.2) is 0 Å². The smallest absolute Gasteiger partial charge is 0.322 e. The third-order valence-corrected chi connectivity index (χ3v) is 8.45. The Hall–Kier alpha value is -3.21. The van der Waals surface area contributed by atoms with E-state index in [0.717, 1.165) is 0 Å². The molecule has 2 aliphatic heterocycles. The van der Waals surface area contributed by atoms with E-state index in [2.05, 4.69) is 106 Å². The molecule has 0 atom stereocenters. The van der Waals surface area contributed by atoms with Crippen LogP contribution in [-0.4, -0.2) is 13.7 Å². The first kappa shape index (κ1) is 18.4. The van der Waals surface area contributed by atoms with Crippen LogP contribution in [0, 0.1) is 0 Å². The van der Waals surface area contributed by atoms with Gasteiger partial charge in [-0.1, -0.05) is 83.7 Å². The lowest BCUT2D eigenvalue weighted by Crippen LogP contribution is -2.52. The summed E-state index contributed by atoms with van der Waals surface area (Å²) in [6.45, 7) is 0.350. The molecule has 2 aromatic heterocycles. The van der Waals surface area contributed by atoms with Gasteiger partial charge >= 0.3 is 13.7 Å². The molecule has 6 heteroatoms. The number of thiophene rings is 2. The van der Waals surface area contributed by atoms with Crippen LogP contribution in [-0.2, 0) is 0 Å². The highest BCUT2D eigenvalue weighted by atomic mass is 32.1. The zero-order chi connectivity index (χ0) is 21.1. The largest absolute Gasteiger partial charge is 0.420 e. The molecule has 0 amide bonds. The molecule has 7 rings (SSSR count). The van der Waals surface area contributed by atoms with E-state index in [0.29, 0.717) is 0 Å². The van der Waals surface area contributed by atoms with E-state index in [1.807, 2.05) is 22.7 Å². The van der Waals surface area contributed by atoms with Crippen LogP contribution in [0.3, 0.4) is 0 Å². The zero-order valence-corrected chi connectivity index (χ0v) is 18.8. The molecule has 3 aromatic carbocycles. The predicted octanol–water partition coefficient (Wildman–Crippen LogP) is 4.21. The molecule has 0 radical (unpaired) electrons. The molecule has 2 N–H and O–H groups in total. The quantitative estimate of drug-likeness (QED) is 0.399. The van der Waals surface area contributed by atoms with Gasteiger partial charge < -0.3 is 10.5 Å². The van der Waals surface area contributed by atoms with Crippen molar-refractivity contribution in [1.82, 2.24) is 0 Å². The molecular formula is C26H18B2N2S2. The first-order chi connectivity index (χ1) is 15.9. The molecule has 0 saturated heterocycles. The Labute approximate surface area is 196 Å². The Kier molecular flexibility index (Phi) is 4.11. The summed E-state index contributed by atoms with van der Waals surface area (Å²) in [7, 11) is 0. The van der Waals surface area contributed by atoms with Crippen molar-refractivity contribution in [2.24, 2.45) is 0 Å². The Bertz CT molecular complexity index is 1340. The van der Waals surface area contributed by atoms with Crippen LogP contribution in [0.4, 0.5) is 11.4 Å². The highest BCUT2D eigenvalue weighted by Crippen LogP contribution is 2.43. The van der Waals surface area contributed by atoms with E-state index in [-0.39, 0.29) is 13.7 Å². The summed E-state index contributed by atoms with van der Waals surface area (Å²) in [4.78, 5) is 2.75. The van der Waals surface area contributed by atoms with Crippen LogP contribution in [0.2, 0.25) is 0 Å². The molecule has 0 fully saturated rings. The summed E-state index contributed by atoms with van der Waals surface area (Å²) in [5.41, 5.74) is 10.3. The molecule has 2 nitrogen and oxygen atoms in total. The van der Waals surface area contributed by atoms with Crippen LogP contribution >= 0.6 is 22.7 Å². The second kappa shape index (κ2) is 7.16. The lowest BCUT2D eigenvalue weighted by molar-refractivity contribution is 1.59. The Balaban J connectivity index is 1.39. The van der Waals surface area contributed by atoms with Gasteiger partial charge in [-0.2, -0.15) is 0 Å². The lowest BCUT2D eigenvalue weighted by Gasteiger charge is -2.30. The lowest BCUT2D eigenvalue weighted by atomic mass is 9.48. The fourth-order valence-electron chi connectivity index (χ4n) is 5.03. The summed E-state index contributed by atoms with van der Waals surface area (Å²) >= 11 is 3.68. The maximum atomic E-state index is 3.85. The van der Waals surface area contributed by atoms with Gasteiger partial charge in [0.25, 0.3) is 0 Å². The highest BCUT2D eigenvalue weighted by molar-refractivity contribution is 7.17. The maximum Gasteiger partial charge on any atom is 0.322 e. The van der Waals surface area contributed by atoms with Crippen molar-refractivity contribution in [2.75, 3.05) is 10.5 Å². The first-order valence-electron chi connectivity index (χ1n) is 10.8. The fourth-order valence-corrected chi connectivity index (χ4v) is 6.97. The van der Waals surface area contributed by atoms with Gasteiger partial charge in [-0.25, -0.2) is 0 Å². The standard InChI is InChI=1S/C26H18B2N2S2/c1-3-7-17(8-4-1)27-21-11-13-31-25(21)19-15-20-24(16-23(19)29-27)30-28(18-9-5-2-6-10-18)22-12-14-32-26(20)22/h1-16,29-30H. The van der Waals surface area contributed by atoms with Crippen LogP contribution in [0.1, 0.15) is 0 Å². The van der Waals surface area contributed by atoms with Gasteiger partial charge in [-0.3, -0.25) is 0 Å². The minimum absolute atomic E-state index is 0.175. The van der Waals surface area contributed by atoms with E-state index in [1.165, 1.54) is 54.1 Å². The van der Waals surface area contributed by atoms with Crippen LogP contribution < -0.4 is 32.3 Å². The number of fused-ring (bicyclic) bond motifs is 6. The molecule has 2 aliphatic rings. The Morgan fingerprint density at radius 1 is 0.531 bits per heavy atom. The maximum absolute atomic E-state index is 3.85. The molecule has 5 aromatic rings. The monoisotopic (exact) mass is 444 g/mol. The molecular weight excluding hydrogens is 426 g/mol. The second-order valence-corrected chi connectivity index (χ2v) is 10.2. The van der Waals surface area contributed by atoms with E-state index >= 15 is 0 Å². The molecule has 0 aliphatic carbocycles. The van der Waals surface area contributed by atoms with Gasteiger partial charge in [0.2, 0.25) is 0 Å². The SMILES string of the molecule is c1ccc(B2Nc3cc4c(cc3-c3sccc32)-c2sccc2B(c2ccccc2)N4)cc1. The van der Waals surface area contributed by atoms with Gasteiger partial charge in [-0.05, 0) is 33.8 Å². The van der Waals surface area contributed by atoms with Gasteiger partial charge in [0.05, 0.1) is 0 Å². The average molecular weight is 444 g/mol. The predicted molar refractivity (Wildman–Crippen MR) is 143 cm³/mol. The molecule has 150 valence electrons. The number of hydrogen-bond donors (Lipinski definition) is 2. The molecule has 0 unspecified atom stereocenters. The molecule has 4 heterocycles. The Morgan fingerprint density at radius 2 is 1.00 bits per heavy atom. The minimum Gasteiger partial charge on any atom is -0.420 e. The molecule has 0 bridgehead atoms. The summed E-state index contributed by atoms with van der Waals surface area (Å²) in [5.74, 6) is 0. The Morgan fingerprint density at radius 3 is 1.47 bits per heavy atom. The summed E-state index contributed by atoms with van der Waals surface area (Å²) in [6, 6.07) is 30.7.